The molecule has 0 aliphatic carbocycles. The Morgan fingerprint density at radius 3 is 2.82 bits per heavy atom. The Hall–Kier alpha value is -0.840. The highest BCUT2D eigenvalue weighted by atomic mass is 16.5. The molecule has 0 saturated heterocycles. The van der Waals surface area contributed by atoms with E-state index in [0.29, 0.717) is 0 Å². The lowest BCUT2D eigenvalue weighted by Gasteiger charge is -2.15. The molecule has 0 unspecified atom stereocenters. The summed E-state index contributed by atoms with van der Waals surface area (Å²) >= 11 is 0. The number of rotatable bonds is 9. The summed E-state index contributed by atoms with van der Waals surface area (Å²) in [6, 6.07) is 4.05. The highest BCUT2D eigenvalue weighted by molar-refractivity contribution is 5.05. The third-order valence-corrected chi connectivity index (χ3v) is 2.60. The molecule has 17 heavy (non-hydrogen) atoms. The zero-order chi connectivity index (χ0) is 12.5. The first kappa shape index (κ1) is 14.2. The Morgan fingerprint density at radius 1 is 1.35 bits per heavy atom. The number of hydrogen-bond acceptors (Lipinski definition) is 4. The Balaban J connectivity index is 2.03. The fraction of sp³-hybridized carbons (Fsp3) is 0.692. The van der Waals surface area contributed by atoms with Gasteiger partial charge >= 0.3 is 0 Å². The van der Waals surface area contributed by atoms with E-state index in [-0.39, 0.29) is 0 Å². The minimum absolute atomic E-state index is 0.779. The first-order chi connectivity index (χ1) is 8.22. The number of methoxy groups -OCH3 is 1. The van der Waals surface area contributed by atoms with Crippen molar-refractivity contribution >= 4 is 0 Å². The van der Waals surface area contributed by atoms with Crippen LogP contribution in [0, 0.1) is 6.92 Å². The number of hydrogen-bond donors (Lipinski definition) is 1. The van der Waals surface area contributed by atoms with E-state index in [1.165, 1.54) is 0 Å². The largest absolute Gasteiger partial charge is 0.465 e. The van der Waals surface area contributed by atoms with Crippen molar-refractivity contribution in [1.82, 2.24) is 10.2 Å². The van der Waals surface area contributed by atoms with E-state index in [9.17, 15) is 0 Å². The van der Waals surface area contributed by atoms with Gasteiger partial charge in [-0.2, -0.15) is 0 Å². The minimum atomic E-state index is 0.779. The summed E-state index contributed by atoms with van der Waals surface area (Å²) in [5, 5.41) is 3.33. The summed E-state index contributed by atoms with van der Waals surface area (Å²) in [5.74, 6) is 2.02. The molecule has 1 N–H and O–H groups in total. The molecule has 4 heteroatoms. The minimum Gasteiger partial charge on any atom is -0.465 e. The van der Waals surface area contributed by atoms with E-state index in [0.717, 1.165) is 50.7 Å². The third kappa shape index (κ3) is 6.46. The number of ether oxygens (including phenoxy) is 1. The van der Waals surface area contributed by atoms with Gasteiger partial charge in [0.2, 0.25) is 0 Å². The van der Waals surface area contributed by atoms with Crippen molar-refractivity contribution in [3.8, 4) is 0 Å². The Labute approximate surface area is 104 Å². The van der Waals surface area contributed by atoms with Gasteiger partial charge < -0.3 is 14.5 Å². The van der Waals surface area contributed by atoms with Crippen LogP contribution < -0.4 is 5.32 Å². The fourth-order valence-electron chi connectivity index (χ4n) is 1.69. The molecule has 0 saturated carbocycles. The maximum atomic E-state index is 5.54. The summed E-state index contributed by atoms with van der Waals surface area (Å²) in [6.45, 7) is 6.67. The number of aryl methyl sites for hydroxylation is 1. The van der Waals surface area contributed by atoms with Gasteiger partial charge in [0.25, 0.3) is 0 Å². The summed E-state index contributed by atoms with van der Waals surface area (Å²) in [4.78, 5) is 2.27. The van der Waals surface area contributed by atoms with E-state index >= 15 is 0 Å². The molecular weight excluding hydrogens is 216 g/mol. The maximum absolute atomic E-state index is 5.54. The first-order valence-electron chi connectivity index (χ1n) is 6.16. The second-order valence-corrected chi connectivity index (χ2v) is 4.35. The lowest BCUT2D eigenvalue weighted by Crippen LogP contribution is -2.25. The molecule has 1 rings (SSSR count). The number of nitrogens with one attached hydrogen (secondary N) is 1. The normalized spacial score (nSPS) is 11.3. The molecule has 0 aromatic carbocycles. The van der Waals surface area contributed by atoms with E-state index in [2.05, 4.69) is 17.3 Å². The van der Waals surface area contributed by atoms with Crippen LogP contribution in [0.5, 0.6) is 0 Å². The zero-order valence-electron chi connectivity index (χ0n) is 11.2. The molecule has 0 atom stereocenters. The number of nitrogens with zero attached hydrogens (tertiary/aromatic N) is 1. The average Bonchev–Trinajstić information content (AvgIpc) is 2.69. The summed E-state index contributed by atoms with van der Waals surface area (Å²) in [7, 11) is 3.84. The predicted octanol–water partition coefficient (Wildman–Crippen LogP) is 1.65. The molecule has 0 fully saturated rings. The van der Waals surface area contributed by atoms with E-state index in [1.807, 2.05) is 19.1 Å². The third-order valence-electron chi connectivity index (χ3n) is 2.60. The Morgan fingerprint density at radius 2 is 2.18 bits per heavy atom. The summed E-state index contributed by atoms with van der Waals surface area (Å²) in [6.07, 6.45) is 1.14. The van der Waals surface area contributed by atoms with Crippen LogP contribution in [0.15, 0.2) is 16.5 Å². The van der Waals surface area contributed by atoms with Crippen LogP contribution in [0.3, 0.4) is 0 Å². The van der Waals surface area contributed by atoms with Crippen molar-refractivity contribution in [2.75, 3.05) is 40.4 Å². The number of furan rings is 1. The van der Waals surface area contributed by atoms with Gasteiger partial charge in [0.15, 0.2) is 0 Å². The van der Waals surface area contributed by atoms with Crippen LogP contribution in [0.25, 0.3) is 0 Å². The molecule has 0 spiro atoms. The van der Waals surface area contributed by atoms with Crippen molar-refractivity contribution in [2.24, 2.45) is 0 Å². The lowest BCUT2D eigenvalue weighted by atomic mass is 10.3. The molecule has 1 heterocycles. The molecule has 0 bridgehead atoms. The van der Waals surface area contributed by atoms with Crippen molar-refractivity contribution in [1.29, 1.82) is 0 Å². The van der Waals surface area contributed by atoms with Gasteiger partial charge in [0.05, 0.1) is 13.2 Å². The van der Waals surface area contributed by atoms with Crippen LogP contribution in [0.1, 0.15) is 17.9 Å². The molecule has 0 aliphatic rings. The van der Waals surface area contributed by atoms with Gasteiger partial charge in [0, 0.05) is 13.7 Å². The molecule has 98 valence electrons. The van der Waals surface area contributed by atoms with Crippen LogP contribution in [-0.2, 0) is 11.3 Å². The van der Waals surface area contributed by atoms with Crippen LogP contribution in [0.2, 0.25) is 0 Å². The monoisotopic (exact) mass is 240 g/mol. The van der Waals surface area contributed by atoms with Gasteiger partial charge in [-0.15, -0.1) is 0 Å². The molecule has 0 aliphatic heterocycles. The second-order valence-electron chi connectivity index (χ2n) is 4.35. The van der Waals surface area contributed by atoms with Crippen molar-refractivity contribution in [2.45, 2.75) is 19.9 Å². The molecule has 4 nitrogen and oxygen atoms in total. The Kier molecular flexibility index (Phi) is 6.93. The predicted molar refractivity (Wildman–Crippen MR) is 69.1 cm³/mol. The van der Waals surface area contributed by atoms with Crippen molar-refractivity contribution in [3.63, 3.8) is 0 Å². The highest BCUT2D eigenvalue weighted by Gasteiger charge is 2.03. The van der Waals surface area contributed by atoms with E-state index in [1.54, 1.807) is 7.11 Å². The molecule has 1 aromatic heterocycles. The molecule has 0 radical (unpaired) electrons. The van der Waals surface area contributed by atoms with Crippen LogP contribution >= 0.6 is 0 Å². The standard InChI is InChI=1S/C13H24N2O2/c1-12-5-6-13(17-12)11-15(2)9-4-7-14-8-10-16-3/h5-6,14H,4,7-11H2,1-3H3. The average molecular weight is 240 g/mol. The highest BCUT2D eigenvalue weighted by Crippen LogP contribution is 2.08. The molecular formula is C13H24N2O2. The van der Waals surface area contributed by atoms with E-state index < -0.39 is 0 Å². The van der Waals surface area contributed by atoms with Crippen LogP contribution in [0.4, 0.5) is 0 Å². The van der Waals surface area contributed by atoms with Crippen molar-refractivity contribution < 1.29 is 9.15 Å². The fourth-order valence-corrected chi connectivity index (χ4v) is 1.69. The Bertz CT molecular complexity index is 299. The maximum Gasteiger partial charge on any atom is 0.118 e. The smallest absolute Gasteiger partial charge is 0.118 e. The summed E-state index contributed by atoms with van der Waals surface area (Å²) in [5.41, 5.74) is 0. The van der Waals surface area contributed by atoms with Gasteiger partial charge in [0.1, 0.15) is 11.5 Å². The van der Waals surface area contributed by atoms with Gasteiger partial charge in [-0.05, 0) is 45.6 Å². The molecule has 1 aromatic rings. The van der Waals surface area contributed by atoms with Gasteiger partial charge in [-0.25, -0.2) is 0 Å². The quantitative estimate of drug-likeness (QED) is 0.666. The first-order valence-corrected chi connectivity index (χ1v) is 6.16. The lowest BCUT2D eigenvalue weighted by molar-refractivity contribution is 0.198. The van der Waals surface area contributed by atoms with Gasteiger partial charge in [-0.1, -0.05) is 0 Å². The molecule has 0 amide bonds. The SMILES string of the molecule is COCCNCCCN(C)Cc1ccc(C)o1. The van der Waals surface area contributed by atoms with E-state index in [4.69, 9.17) is 9.15 Å². The second kappa shape index (κ2) is 8.28. The van der Waals surface area contributed by atoms with Crippen LogP contribution in [-0.4, -0.2) is 45.3 Å². The zero-order valence-corrected chi connectivity index (χ0v) is 11.2. The van der Waals surface area contributed by atoms with Crippen molar-refractivity contribution in [3.05, 3.63) is 23.7 Å². The topological polar surface area (TPSA) is 37.6 Å². The van der Waals surface area contributed by atoms with Gasteiger partial charge in [-0.3, -0.25) is 4.90 Å². The summed E-state index contributed by atoms with van der Waals surface area (Å²) < 4.78 is 10.5.